The predicted molar refractivity (Wildman–Crippen MR) is 74.1 cm³/mol. The molecule has 1 saturated carbocycles. The summed E-state index contributed by atoms with van der Waals surface area (Å²) in [6, 6.07) is 7.72. The minimum atomic E-state index is 0.155. The summed E-state index contributed by atoms with van der Waals surface area (Å²) in [5, 5.41) is 2.98. The standard InChI is InChI=1S/C15H22N2O/c16-14-8-5-13(6-9-14)7-10-15(18)17-11-1-2-12-3-4-12/h5-6,8-9,12H,1-4,7,10-11,16H2,(H,17,18). The van der Waals surface area contributed by atoms with E-state index in [1.54, 1.807) is 0 Å². The molecule has 1 aliphatic carbocycles. The number of carbonyl (C=O) groups excluding carboxylic acids is 1. The SMILES string of the molecule is Nc1ccc(CCC(=O)NCCCC2CC2)cc1. The molecule has 2 rings (SSSR count). The van der Waals surface area contributed by atoms with Crippen molar-refractivity contribution in [2.45, 2.75) is 38.5 Å². The molecule has 1 amide bonds. The third-order valence-electron chi connectivity index (χ3n) is 3.43. The fourth-order valence-corrected chi connectivity index (χ4v) is 2.06. The Bertz CT molecular complexity index is 382. The summed E-state index contributed by atoms with van der Waals surface area (Å²) in [6.45, 7) is 0.830. The Morgan fingerprint density at radius 3 is 2.67 bits per heavy atom. The molecule has 3 heteroatoms. The molecule has 1 aromatic carbocycles. The van der Waals surface area contributed by atoms with Crippen LogP contribution in [0.4, 0.5) is 5.69 Å². The van der Waals surface area contributed by atoms with E-state index < -0.39 is 0 Å². The molecule has 0 saturated heterocycles. The van der Waals surface area contributed by atoms with Crippen LogP contribution in [0.5, 0.6) is 0 Å². The molecule has 1 fully saturated rings. The molecule has 3 nitrogen and oxygen atoms in total. The number of nitrogen functional groups attached to an aromatic ring is 1. The molecule has 0 bridgehead atoms. The summed E-state index contributed by atoms with van der Waals surface area (Å²) >= 11 is 0. The minimum Gasteiger partial charge on any atom is -0.399 e. The van der Waals surface area contributed by atoms with Gasteiger partial charge in [0.25, 0.3) is 0 Å². The van der Waals surface area contributed by atoms with Crippen molar-refractivity contribution < 1.29 is 4.79 Å². The Morgan fingerprint density at radius 2 is 2.00 bits per heavy atom. The smallest absolute Gasteiger partial charge is 0.220 e. The predicted octanol–water partition coefficient (Wildman–Crippen LogP) is 2.51. The van der Waals surface area contributed by atoms with Crippen LogP contribution in [0.1, 0.15) is 37.7 Å². The highest BCUT2D eigenvalue weighted by molar-refractivity contribution is 5.76. The average molecular weight is 246 g/mol. The quantitative estimate of drug-likeness (QED) is 0.573. The zero-order valence-electron chi connectivity index (χ0n) is 10.8. The van der Waals surface area contributed by atoms with Gasteiger partial charge in [-0.1, -0.05) is 25.0 Å². The van der Waals surface area contributed by atoms with Crippen LogP contribution >= 0.6 is 0 Å². The second-order valence-corrected chi connectivity index (χ2v) is 5.18. The van der Waals surface area contributed by atoms with Crippen molar-refractivity contribution in [1.82, 2.24) is 5.32 Å². The van der Waals surface area contributed by atoms with Crippen LogP contribution in [-0.4, -0.2) is 12.5 Å². The van der Waals surface area contributed by atoms with Crippen LogP contribution in [-0.2, 0) is 11.2 Å². The summed E-state index contributed by atoms with van der Waals surface area (Å²) in [6.07, 6.45) is 6.54. The van der Waals surface area contributed by atoms with Gasteiger partial charge in [0.1, 0.15) is 0 Å². The van der Waals surface area contributed by atoms with E-state index in [0.717, 1.165) is 36.6 Å². The third-order valence-corrected chi connectivity index (χ3v) is 3.43. The Hall–Kier alpha value is -1.51. The Morgan fingerprint density at radius 1 is 1.28 bits per heavy atom. The maximum absolute atomic E-state index is 11.6. The lowest BCUT2D eigenvalue weighted by atomic mass is 10.1. The van der Waals surface area contributed by atoms with E-state index in [1.807, 2.05) is 24.3 Å². The first-order valence-corrected chi connectivity index (χ1v) is 6.85. The lowest BCUT2D eigenvalue weighted by Gasteiger charge is -2.05. The van der Waals surface area contributed by atoms with Gasteiger partial charge in [-0.2, -0.15) is 0 Å². The van der Waals surface area contributed by atoms with Gasteiger partial charge in [-0.15, -0.1) is 0 Å². The van der Waals surface area contributed by atoms with E-state index in [-0.39, 0.29) is 5.91 Å². The van der Waals surface area contributed by atoms with Gasteiger partial charge in [0.05, 0.1) is 0 Å². The summed E-state index contributed by atoms with van der Waals surface area (Å²) < 4.78 is 0. The van der Waals surface area contributed by atoms with E-state index in [4.69, 9.17) is 5.73 Å². The molecular formula is C15H22N2O. The van der Waals surface area contributed by atoms with Crippen molar-refractivity contribution in [1.29, 1.82) is 0 Å². The Labute approximate surface area is 109 Å². The van der Waals surface area contributed by atoms with Crippen LogP contribution in [0.3, 0.4) is 0 Å². The molecule has 0 aromatic heterocycles. The van der Waals surface area contributed by atoms with Gasteiger partial charge in [-0.25, -0.2) is 0 Å². The van der Waals surface area contributed by atoms with Gasteiger partial charge in [-0.3, -0.25) is 4.79 Å². The number of nitrogens with two attached hydrogens (primary N) is 1. The fraction of sp³-hybridized carbons (Fsp3) is 0.533. The number of benzene rings is 1. The number of nitrogens with one attached hydrogen (secondary N) is 1. The number of hydrogen-bond donors (Lipinski definition) is 2. The third kappa shape index (κ3) is 4.78. The van der Waals surface area contributed by atoms with Crippen molar-refractivity contribution >= 4 is 11.6 Å². The molecule has 1 aliphatic rings. The first-order valence-electron chi connectivity index (χ1n) is 6.85. The first-order chi connectivity index (χ1) is 8.74. The van der Waals surface area contributed by atoms with Crippen molar-refractivity contribution in [3.63, 3.8) is 0 Å². The van der Waals surface area contributed by atoms with Crippen LogP contribution < -0.4 is 11.1 Å². The largest absolute Gasteiger partial charge is 0.399 e. The summed E-state index contributed by atoms with van der Waals surface area (Å²) in [5.74, 6) is 1.11. The highest BCUT2D eigenvalue weighted by Gasteiger charge is 2.19. The normalized spacial score (nSPS) is 14.4. The molecule has 98 valence electrons. The van der Waals surface area contributed by atoms with Crippen molar-refractivity contribution in [3.8, 4) is 0 Å². The number of carbonyl (C=O) groups is 1. The van der Waals surface area contributed by atoms with Gasteiger partial charge in [-0.05, 0) is 42.9 Å². The number of amides is 1. The van der Waals surface area contributed by atoms with Gasteiger partial charge < -0.3 is 11.1 Å². The lowest BCUT2D eigenvalue weighted by Crippen LogP contribution is -2.24. The summed E-state index contributed by atoms with van der Waals surface area (Å²) in [5.41, 5.74) is 7.54. The Balaban J connectivity index is 1.57. The van der Waals surface area contributed by atoms with Crippen LogP contribution in [0, 0.1) is 5.92 Å². The van der Waals surface area contributed by atoms with E-state index in [2.05, 4.69) is 5.32 Å². The monoisotopic (exact) mass is 246 g/mol. The highest BCUT2D eigenvalue weighted by Crippen LogP contribution is 2.33. The molecule has 0 unspecified atom stereocenters. The molecule has 0 aliphatic heterocycles. The number of anilines is 1. The second-order valence-electron chi connectivity index (χ2n) is 5.18. The van der Waals surface area contributed by atoms with Gasteiger partial charge >= 0.3 is 0 Å². The molecular weight excluding hydrogens is 224 g/mol. The Kier molecular flexibility index (Phi) is 4.62. The van der Waals surface area contributed by atoms with E-state index >= 15 is 0 Å². The topological polar surface area (TPSA) is 55.1 Å². The number of hydrogen-bond acceptors (Lipinski definition) is 2. The van der Waals surface area contributed by atoms with Crippen LogP contribution in [0.15, 0.2) is 24.3 Å². The zero-order valence-corrected chi connectivity index (χ0v) is 10.8. The van der Waals surface area contributed by atoms with E-state index in [0.29, 0.717) is 6.42 Å². The van der Waals surface area contributed by atoms with Gasteiger partial charge in [0.15, 0.2) is 0 Å². The average Bonchev–Trinajstić information content (AvgIpc) is 3.18. The minimum absolute atomic E-state index is 0.155. The summed E-state index contributed by atoms with van der Waals surface area (Å²) in [4.78, 5) is 11.6. The van der Waals surface area contributed by atoms with E-state index in [1.165, 1.54) is 19.3 Å². The summed E-state index contributed by atoms with van der Waals surface area (Å²) in [7, 11) is 0. The zero-order chi connectivity index (χ0) is 12.8. The molecule has 3 N–H and O–H groups in total. The molecule has 1 aromatic rings. The highest BCUT2D eigenvalue weighted by atomic mass is 16.1. The maximum Gasteiger partial charge on any atom is 0.220 e. The van der Waals surface area contributed by atoms with Crippen molar-refractivity contribution in [2.24, 2.45) is 5.92 Å². The van der Waals surface area contributed by atoms with Gasteiger partial charge in [0, 0.05) is 18.7 Å². The molecule has 0 spiro atoms. The first kappa shape index (κ1) is 12.9. The molecule has 0 radical (unpaired) electrons. The number of rotatable bonds is 7. The number of aryl methyl sites for hydroxylation is 1. The van der Waals surface area contributed by atoms with Crippen molar-refractivity contribution in [3.05, 3.63) is 29.8 Å². The van der Waals surface area contributed by atoms with Gasteiger partial charge in [0.2, 0.25) is 5.91 Å². The second kappa shape index (κ2) is 6.43. The van der Waals surface area contributed by atoms with Crippen LogP contribution in [0.2, 0.25) is 0 Å². The molecule has 18 heavy (non-hydrogen) atoms. The molecule has 0 heterocycles. The molecule has 0 atom stereocenters. The maximum atomic E-state index is 11.6. The van der Waals surface area contributed by atoms with Crippen molar-refractivity contribution in [2.75, 3.05) is 12.3 Å². The fourth-order valence-electron chi connectivity index (χ4n) is 2.06. The lowest BCUT2D eigenvalue weighted by molar-refractivity contribution is -0.121. The van der Waals surface area contributed by atoms with E-state index in [9.17, 15) is 4.79 Å². The van der Waals surface area contributed by atoms with Crippen LogP contribution in [0.25, 0.3) is 0 Å².